The lowest BCUT2D eigenvalue weighted by atomic mass is 9.99. The Kier molecular flexibility index (Phi) is 4.52. The molecule has 3 rings (SSSR count). The van der Waals surface area contributed by atoms with Gasteiger partial charge in [-0.15, -0.1) is 11.3 Å². The van der Waals surface area contributed by atoms with Crippen LogP contribution in [-0.2, 0) is 11.1 Å². The molecule has 1 unspecified atom stereocenters. The first-order valence-corrected chi connectivity index (χ1v) is 9.87. The first-order chi connectivity index (χ1) is 11.6. The van der Waals surface area contributed by atoms with Crippen molar-refractivity contribution in [3.8, 4) is 0 Å². The van der Waals surface area contributed by atoms with Gasteiger partial charge in [-0.3, -0.25) is 9.48 Å². The highest BCUT2D eigenvalue weighted by Crippen LogP contribution is 2.41. The third-order valence-electron chi connectivity index (χ3n) is 4.79. The molecular formula is C19H28N4OS. The molecule has 2 aromatic rings. The zero-order valence-electron chi connectivity index (χ0n) is 16.0. The molecule has 1 atom stereocenters. The largest absolute Gasteiger partial charge is 0.339 e. The van der Waals surface area contributed by atoms with Crippen molar-refractivity contribution < 1.29 is 4.79 Å². The van der Waals surface area contributed by atoms with E-state index in [1.807, 2.05) is 30.0 Å². The van der Waals surface area contributed by atoms with Crippen molar-refractivity contribution in [2.45, 2.75) is 77.8 Å². The Hall–Kier alpha value is -1.69. The van der Waals surface area contributed by atoms with Gasteiger partial charge in [0.2, 0.25) is 0 Å². The Bertz CT molecular complexity index is 782. The number of amides is 1. The fourth-order valence-electron chi connectivity index (χ4n) is 2.93. The van der Waals surface area contributed by atoms with Crippen LogP contribution in [0.2, 0.25) is 0 Å². The van der Waals surface area contributed by atoms with E-state index < -0.39 is 5.54 Å². The summed E-state index contributed by atoms with van der Waals surface area (Å²) in [5.74, 6) is 0.426. The van der Waals surface area contributed by atoms with E-state index in [0.717, 1.165) is 17.1 Å². The number of hydrogen-bond donors (Lipinski definition) is 1. The number of rotatable bonds is 5. The van der Waals surface area contributed by atoms with Gasteiger partial charge in [0.25, 0.3) is 5.91 Å². The number of hydrogen-bond acceptors (Lipinski definition) is 4. The van der Waals surface area contributed by atoms with Crippen LogP contribution in [0.5, 0.6) is 0 Å². The van der Waals surface area contributed by atoms with Crippen LogP contribution in [0.15, 0.2) is 11.4 Å². The lowest BCUT2D eigenvalue weighted by Gasteiger charge is -2.27. The second-order valence-corrected chi connectivity index (χ2v) is 9.10. The number of thiazole rings is 1. The Balaban J connectivity index is 1.88. The van der Waals surface area contributed by atoms with Crippen LogP contribution in [0.1, 0.15) is 86.7 Å². The molecule has 1 N–H and O–H groups in total. The van der Waals surface area contributed by atoms with E-state index in [2.05, 4.69) is 43.1 Å². The molecule has 0 aliphatic heterocycles. The van der Waals surface area contributed by atoms with E-state index >= 15 is 0 Å². The second kappa shape index (κ2) is 6.24. The lowest BCUT2D eigenvalue weighted by molar-refractivity contribution is 0.0895. The minimum atomic E-state index is -0.471. The van der Waals surface area contributed by atoms with Crippen LogP contribution < -0.4 is 5.32 Å². The van der Waals surface area contributed by atoms with E-state index in [1.165, 1.54) is 18.5 Å². The molecule has 2 heterocycles. The Morgan fingerprint density at radius 1 is 1.36 bits per heavy atom. The van der Waals surface area contributed by atoms with Gasteiger partial charge in [0.15, 0.2) is 5.69 Å². The average molecular weight is 361 g/mol. The SMILES string of the molecule is CCC(C)(NC(=O)c1cc(C2CC2)n(C(C)(C)C)n1)c1nc(C)cs1. The molecule has 0 bridgehead atoms. The van der Waals surface area contributed by atoms with E-state index in [4.69, 9.17) is 0 Å². The molecular weight excluding hydrogens is 332 g/mol. The van der Waals surface area contributed by atoms with Gasteiger partial charge < -0.3 is 5.32 Å². The molecule has 1 aliphatic rings. The monoisotopic (exact) mass is 360 g/mol. The Morgan fingerprint density at radius 3 is 2.52 bits per heavy atom. The van der Waals surface area contributed by atoms with Crippen LogP contribution in [-0.4, -0.2) is 20.7 Å². The number of carbonyl (C=O) groups is 1. The summed E-state index contributed by atoms with van der Waals surface area (Å²) in [5.41, 5.74) is 2.07. The van der Waals surface area contributed by atoms with Gasteiger partial charge in [0.05, 0.1) is 11.1 Å². The third kappa shape index (κ3) is 3.64. The molecule has 6 heteroatoms. The van der Waals surface area contributed by atoms with Crippen molar-refractivity contribution in [2.75, 3.05) is 0 Å². The van der Waals surface area contributed by atoms with Gasteiger partial charge in [0.1, 0.15) is 5.01 Å². The van der Waals surface area contributed by atoms with Crippen molar-refractivity contribution in [1.82, 2.24) is 20.1 Å². The van der Waals surface area contributed by atoms with E-state index in [9.17, 15) is 4.79 Å². The minimum absolute atomic E-state index is 0.123. The summed E-state index contributed by atoms with van der Waals surface area (Å²) in [4.78, 5) is 17.5. The molecule has 0 spiro atoms. The topological polar surface area (TPSA) is 59.8 Å². The normalized spacial score (nSPS) is 17.4. The highest BCUT2D eigenvalue weighted by molar-refractivity contribution is 7.09. The summed E-state index contributed by atoms with van der Waals surface area (Å²) in [6.45, 7) is 12.5. The van der Waals surface area contributed by atoms with E-state index in [1.54, 1.807) is 11.3 Å². The smallest absolute Gasteiger partial charge is 0.272 e. The van der Waals surface area contributed by atoms with Crippen LogP contribution in [0, 0.1) is 6.92 Å². The maximum absolute atomic E-state index is 12.9. The fourth-order valence-corrected chi connectivity index (χ4v) is 3.92. The zero-order chi connectivity index (χ0) is 18.4. The summed E-state index contributed by atoms with van der Waals surface area (Å²) in [6.07, 6.45) is 3.16. The second-order valence-electron chi connectivity index (χ2n) is 8.25. The number of nitrogens with one attached hydrogen (secondary N) is 1. The molecule has 0 radical (unpaired) electrons. The van der Waals surface area contributed by atoms with E-state index in [0.29, 0.717) is 11.6 Å². The summed E-state index contributed by atoms with van der Waals surface area (Å²) < 4.78 is 2.02. The van der Waals surface area contributed by atoms with Gasteiger partial charge >= 0.3 is 0 Å². The van der Waals surface area contributed by atoms with Crippen molar-refractivity contribution in [3.63, 3.8) is 0 Å². The molecule has 1 amide bonds. The zero-order valence-corrected chi connectivity index (χ0v) is 16.8. The molecule has 1 fully saturated rings. The van der Waals surface area contributed by atoms with Crippen molar-refractivity contribution >= 4 is 17.2 Å². The molecule has 5 nitrogen and oxygen atoms in total. The van der Waals surface area contributed by atoms with Gasteiger partial charge in [-0.25, -0.2) is 4.98 Å². The van der Waals surface area contributed by atoms with E-state index in [-0.39, 0.29) is 11.4 Å². The molecule has 2 aromatic heterocycles. The molecule has 136 valence electrons. The van der Waals surface area contributed by atoms with Gasteiger partial charge in [0, 0.05) is 22.7 Å². The van der Waals surface area contributed by atoms with Crippen LogP contribution >= 0.6 is 11.3 Å². The van der Waals surface area contributed by atoms with Crippen LogP contribution in [0.25, 0.3) is 0 Å². The quantitative estimate of drug-likeness (QED) is 0.863. The maximum Gasteiger partial charge on any atom is 0.272 e. The number of aryl methyl sites for hydroxylation is 1. The van der Waals surface area contributed by atoms with Crippen LogP contribution in [0.4, 0.5) is 0 Å². The first kappa shape index (κ1) is 18.1. The van der Waals surface area contributed by atoms with Crippen molar-refractivity contribution in [1.29, 1.82) is 0 Å². The fraction of sp³-hybridized carbons (Fsp3) is 0.632. The van der Waals surface area contributed by atoms with Crippen molar-refractivity contribution in [2.24, 2.45) is 0 Å². The Morgan fingerprint density at radius 2 is 2.04 bits per heavy atom. The summed E-state index contributed by atoms with van der Waals surface area (Å²) >= 11 is 1.59. The predicted octanol–water partition coefficient (Wildman–Crippen LogP) is 4.34. The lowest BCUT2D eigenvalue weighted by Crippen LogP contribution is -2.43. The number of aromatic nitrogens is 3. The summed E-state index contributed by atoms with van der Waals surface area (Å²) in [5, 5.41) is 10.8. The van der Waals surface area contributed by atoms with Gasteiger partial charge in [-0.05, 0) is 59.9 Å². The highest BCUT2D eigenvalue weighted by atomic mass is 32.1. The molecule has 25 heavy (non-hydrogen) atoms. The minimum Gasteiger partial charge on any atom is -0.339 e. The summed E-state index contributed by atoms with van der Waals surface area (Å²) in [6, 6.07) is 1.97. The number of carbonyl (C=O) groups excluding carboxylic acids is 1. The molecule has 0 saturated heterocycles. The molecule has 0 aromatic carbocycles. The maximum atomic E-state index is 12.9. The van der Waals surface area contributed by atoms with Crippen molar-refractivity contribution in [3.05, 3.63) is 33.5 Å². The third-order valence-corrected chi connectivity index (χ3v) is 6.01. The first-order valence-electron chi connectivity index (χ1n) is 8.99. The van der Waals surface area contributed by atoms with Gasteiger partial charge in [-0.2, -0.15) is 5.10 Å². The van der Waals surface area contributed by atoms with Crippen LogP contribution in [0.3, 0.4) is 0 Å². The standard InChI is InChI=1S/C19H28N4OS/c1-7-19(6,17-20-12(2)11-25-17)21-16(24)14-10-15(13-8-9-13)23(22-14)18(3,4)5/h10-11,13H,7-9H2,1-6H3,(H,21,24). The Labute approximate surface area is 153 Å². The predicted molar refractivity (Wildman–Crippen MR) is 101 cm³/mol. The summed E-state index contributed by atoms with van der Waals surface area (Å²) in [7, 11) is 0. The highest BCUT2D eigenvalue weighted by Gasteiger charge is 2.35. The molecule has 1 aliphatic carbocycles. The van der Waals surface area contributed by atoms with Gasteiger partial charge in [-0.1, -0.05) is 6.92 Å². The molecule has 1 saturated carbocycles. The number of nitrogens with zero attached hydrogens (tertiary/aromatic N) is 3. The average Bonchev–Trinajstić information content (AvgIpc) is 3.10.